The number of hydrogen-bond acceptors (Lipinski definition) is 4. The van der Waals surface area contributed by atoms with Crippen LogP contribution >= 0.6 is 0 Å². The van der Waals surface area contributed by atoms with E-state index in [-0.39, 0.29) is 23.6 Å². The van der Waals surface area contributed by atoms with Crippen molar-refractivity contribution in [1.29, 1.82) is 0 Å². The summed E-state index contributed by atoms with van der Waals surface area (Å²) in [5, 5.41) is 8.91. The summed E-state index contributed by atoms with van der Waals surface area (Å²) in [6, 6.07) is 6.34. The van der Waals surface area contributed by atoms with Gasteiger partial charge in [0.25, 0.3) is 0 Å². The van der Waals surface area contributed by atoms with Crippen LogP contribution in [0.2, 0.25) is 0 Å². The fraction of sp³-hybridized carbons (Fsp3) is 0.571. The van der Waals surface area contributed by atoms with E-state index in [0.29, 0.717) is 13.0 Å². The smallest absolute Gasteiger partial charge is 0.243 e. The number of aliphatic hydroxyl groups excluding tert-OH is 1. The lowest BCUT2D eigenvalue weighted by Gasteiger charge is -2.26. The van der Waals surface area contributed by atoms with E-state index in [9.17, 15) is 8.42 Å². The molecule has 0 heterocycles. The summed E-state index contributed by atoms with van der Waals surface area (Å²) in [4.78, 5) is 0.249. The van der Waals surface area contributed by atoms with Crippen molar-refractivity contribution in [1.82, 2.24) is 4.31 Å². The predicted molar refractivity (Wildman–Crippen MR) is 79.8 cm³/mol. The summed E-state index contributed by atoms with van der Waals surface area (Å²) in [5.74, 6) is 0. The number of benzene rings is 1. The lowest BCUT2D eigenvalue weighted by atomic mass is 10.1. The van der Waals surface area contributed by atoms with Gasteiger partial charge >= 0.3 is 0 Å². The summed E-state index contributed by atoms with van der Waals surface area (Å²) in [6.45, 7) is 5.74. The third-order valence-electron chi connectivity index (χ3n) is 3.10. The van der Waals surface area contributed by atoms with Gasteiger partial charge in [0, 0.05) is 25.2 Å². The van der Waals surface area contributed by atoms with Gasteiger partial charge in [0.2, 0.25) is 10.0 Å². The molecule has 1 atom stereocenters. The number of rotatable bonds is 7. The fourth-order valence-corrected chi connectivity index (χ4v) is 3.71. The zero-order chi connectivity index (χ0) is 15.3. The van der Waals surface area contributed by atoms with Crippen LogP contribution < -0.4 is 5.73 Å². The van der Waals surface area contributed by atoms with Crippen molar-refractivity contribution in [2.24, 2.45) is 5.73 Å². The Morgan fingerprint density at radius 1 is 1.30 bits per heavy atom. The fourth-order valence-electron chi connectivity index (χ4n) is 1.98. The maximum Gasteiger partial charge on any atom is 0.243 e. The zero-order valence-corrected chi connectivity index (χ0v) is 13.1. The Hall–Kier alpha value is -0.950. The number of hydrogen-bond donors (Lipinski definition) is 2. The van der Waals surface area contributed by atoms with Crippen LogP contribution in [0.3, 0.4) is 0 Å². The lowest BCUT2D eigenvalue weighted by Crippen LogP contribution is -2.38. The quantitative estimate of drug-likeness (QED) is 0.799. The molecule has 0 spiro atoms. The van der Waals surface area contributed by atoms with Gasteiger partial charge in [-0.3, -0.25) is 0 Å². The topological polar surface area (TPSA) is 83.6 Å². The first-order valence-electron chi connectivity index (χ1n) is 6.79. The third-order valence-corrected chi connectivity index (χ3v) is 5.17. The molecule has 1 rings (SSSR count). The second kappa shape index (κ2) is 7.17. The molecule has 20 heavy (non-hydrogen) atoms. The van der Waals surface area contributed by atoms with Crippen molar-refractivity contribution < 1.29 is 13.5 Å². The molecule has 0 aliphatic heterocycles. The zero-order valence-electron chi connectivity index (χ0n) is 12.3. The van der Waals surface area contributed by atoms with Crippen LogP contribution in [0.1, 0.15) is 38.8 Å². The minimum atomic E-state index is -3.56. The normalized spacial score (nSPS) is 13.9. The van der Waals surface area contributed by atoms with Crippen molar-refractivity contribution in [3.05, 3.63) is 29.8 Å². The average Bonchev–Trinajstić information content (AvgIpc) is 2.38. The Morgan fingerprint density at radius 2 is 1.95 bits per heavy atom. The Balaban J connectivity index is 3.15. The van der Waals surface area contributed by atoms with Gasteiger partial charge in [-0.15, -0.1) is 0 Å². The summed E-state index contributed by atoms with van der Waals surface area (Å²) >= 11 is 0. The number of nitrogens with two attached hydrogens (primary N) is 1. The van der Waals surface area contributed by atoms with Gasteiger partial charge in [0.15, 0.2) is 0 Å². The maximum atomic E-state index is 12.7. The van der Waals surface area contributed by atoms with E-state index >= 15 is 0 Å². The van der Waals surface area contributed by atoms with E-state index in [1.54, 1.807) is 18.2 Å². The van der Waals surface area contributed by atoms with E-state index in [0.717, 1.165) is 5.56 Å². The molecule has 0 fully saturated rings. The summed E-state index contributed by atoms with van der Waals surface area (Å²) < 4.78 is 26.7. The van der Waals surface area contributed by atoms with Gasteiger partial charge in [-0.05, 0) is 44.9 Å². The van der Waals surface area contributed by atoms with Gasteiger partial charge in [-0.1, -0.05) is 12.1 Å². The first-order valence-corrected chi connectivity index (χ1v) is 8.23. The van der Waals surface area contributed by atoms with Gasteiger partial charge in [0.1, 0.15) is 0 Å². The number of aliphatic hydroxyl groups is 1. The van der Waals surface area contributed by atoms with Crippen LogP contribution in [0.15, 0.2) is 29.2 Å². The molecule has 6 heteroatoms. The molecule has 1 aromatic rings. The highest BCUT2D eigenvalue weighted by atomic mass is 32.2. The Morgan fingerprint density at radius 3 is 2.45 bits per heavy atom. The molecule has 0 radical (unpaired) electrons. The van der Waals surface area contributed by atoms with Crippen molar-refractivity contribution in [2.45, 2.75) is 44.2 Å². The van der Waals surface area contributed by atoms with E-state index in [1.807, 2.05) is 26.8 Å². The van der Waals surface area contributed by atoms with Gasteiger partial charge in [-0.2, -0.15) is 4.31 Å². The highest BCUT2D eigenvalue weighted by Gasteiger charge is 2.26. The number of sulfonamides is 1. The van der Waals surface area contributed by atoms with Crippen LogP contribution in [0.4, 0.5) is 0 Å². The largest absolute Gasteiger partial charge is 0.396 e. The first kappa shape index (κ1) is 17.1. The highest BCUT2D eigenvalue weighted by Crippen LogP contribution is 2.21. The standard InChI is InChI=1S/C14H24N2O3S/c1-11(2)16(8-5-9-17)20(18,19)14-7-4-6-13(10-14)12(3)15/h4,6-7,10-12,17H,5,8-9,15H2,1-3H3. The summed E-state index contributed by atoms with van der Waals surface area (Å²) in [5.41, 5.74) is 6.59. The van der Waals surface area contributed by atoms with E-state index in [1.165, 1.54) is 4.31 Å². The summed E-state index contributed by atoms with van der Waals surface area (Å²) in [6.07, 6.45) is 0.421. The van der Waals surface area contributed by atoms with E-state index < -0.39 is 10.0 Å². The molecule has 0 aliphatic rings. The Kier molecular flexibility index (Phi) is 6.13. The van der Waals surface area contributed by atoms with Gasteiger partial charge in [-0.25, -0.2) is 8.42 Å². The molecule has 0 saturated carbocycles. The van der Waals surface area contributed by atoms with Crippen LogP contribution in [0.5, 0.6) is 0 Å². The van der Waals surface area contributed by atoms with E-state index in [4.69, 9.17) is 10.8 Å². The highest BCUT2D eigenvalue weighted by molar-refractivity contribution is 7.89. The van der Waals surface area contributed by atoms with Gasteiger partial charge < -0.3 is 10.8 Å². The predicted octanol–water partition coefficient (Wildman–Crippen LogP) is 1.49. The molecular weight excluding hydrogens is 276 g/mol. The molecule has 5 nitrogen and oxygen atoms in total. The van der Waals surface area contributed by atoms with Crippen LogP contribution in [-0.2, 0) is 10.0 Å². The van der Waals surface area contributed by atoms with Crippen molar-refractivity contribution >= 4 is 10.0 Å². The molecule has 0 amide bonds. The number of nitrogens with zero attached hydrogens (tertiary/aromatic N) is 1. The van der Waals surface area contributed by atoms with Crippen molar-refractivity contribution in [2.75, 3.05) is 13.2 Å². The van der Waals surface area contributed by atoms with Crippen molar-refractivity contribution in [3.63, 3.8) is 0 Å². The molecule has 3 N–H and O–H groups in total. The second-order valence-corrected chi connectivity index (χ2v) is 7.04. The second-order valence-electron chi connectivity index (χ2n) is 5.15. The molecular formula is C14H24N2O3S. The van der Waals surface area contributed by atoms with Crippen LogP contribution in [-0.4, -0.2) is 37.0 Å². The van der Waals surface area contributed by atoms with Crippen LogP contribution in [0.25, 0.3) is 0 Å². The lowest BCUT2D eigenvalue weighted by molar-refractivity contribution is 0.258. The Labute approximate surface area is 121 Å². The molecule has 1 aromatic carbocycles. The van der Waals surface area contributed by atoms with Crippen LogP contribution in [0, 0.1) is 0 Å². The average molecular weight is 300 g/mol. The van der Waals surface area contributed by atoms with Crippen molar-refractivity contribution in [3.8, 4) is 0 Å². The molecule has 0 bridgehead atoms. The minimum Gasteiger partial charge on any atom is -0.396 e. The Bertz CT molecular complexity index is 527. The summed E-state index contributed by atoms with van der Waals surface area (Å²) in [7, 11) is -3.56. The monoisotopic (exact) mass is 300 g/mol. The molecule has 0 aromatic heterocycles. The SMILES string of the molecule is CC(N)c1cccc(S(=O)(=O)N(CCCO)C(C)C)c1. The minimum absolute atomic E-state index is 0.0292. The molecule has 1 unspecified atom stereocenters. The first-order chi connectivity index (χ1) is 9.30. The van der Waals surface area contributed by atoms with E-state index in [2.05, 4.69) is 0 Å². The molecule has 0 aliphatic carbocycles. The van der Waals surface area contributed by atoms with Gasteiger partial charge in [0.05, 0.1) is 4.90 Å². The molecule has 114 valence electrons. The molecule has 0 saturated heterocycles. The maximum absolute atomic E-state index is 12.7. The third kappa shape index (κ3) is 4.02.